The van der Waals surface area contributed by atoms with Gasteiger partial charge in [0, 0.05) is 5.56 Å². The maximum Gasteiger partial charge on any atom is 0.310 e. The predicted octanol–water partition coefficient (Wildman–Crippen LogP) is 2.04. The summed E-state index contributed by atoms with van der Waals surface area (Å²) in [5, 5.41) is 2.17. The van der Waals surface area contributed by atoms with Crippen LogP contribution in [-0.2, 0) is 20.7 Å². The minimum Gasteiger partial charge on any atom is -0.455 e. The topological polar surface area (TPSA) is 72.5 Å². The molecule has 118 valence electrons. The number of imide groups is 1. The molecule has 23 heavy (non-hydrogen) atoms. The highest BCUT2D eigenvalue weighted by Gasteiger charge is 2.13. The zero-order valence-electron chi connectivity index (χ0n) is 12.7. The molecule has 2 rings (SSSR count). The summed E-state index contributed by atoms with van der Waals surface area (Å²) in [6.45, 7) is 1.41. The quantitative estimate of drug-likeness (QED) is 0.858. The monoisotopic (exact) mass is 311 g/mol. The SMILES string of the molecule is Cc1ccccc1CC(=O)OCC(=O)NC(=O)c1ccccc1. The van der Waals surface area contributed by atoms with E-state index in [-0.39, 0.29) is 6.42 Å². The molecule has 0 heterocycles. The Morgan fingerprint density at radius 2 is 1.61 bits per heavy atom. The smallest absolute Gasteiger partial charge is 0.310 e. The first kappa shape index (κ1) is 16.4. The number of amides is 2. The van der Waals surface area contributed by atoms with E-state index in [0.29, 0.717) is 5.56 Å². The standard InChI is InChI=1S/C18H17NO4/c1-13-7-5-6-10-15(13)11-17(21)23-12-16(20)19-18(22)14-8-3-2-4-9-14/h2-10H,11-12H2,1H3,(H,19,20,22). The Balaban J connectivity index is 1.79. The second-order valence-electron chi connectivity index (χ2n) is 5.01. The van der Waals surface area contributed by atoms with Gasteiger partial charge in [0.05, 0.1) is 6.42 Å². The number of ether oxygens (including phenoxy) is 1. The van der Waals surface area contributed by atoms with E-state index in [1.807, 2.05) is 31.2 Å². The average Bonchev–Trinajstić information content (AvgIpc) is 2.56. The Labute approximate surface area is 134 Å². The van der Waals surface area contributed by atoms with Gasteiger partial charge in [-0.1, -0.05) is 42.5 Å². The van der Waals surface area contributed by atoms with Crippen LogP contribution in [0.25, 0.3) is 0 Å². The molecule has 0 radical (unpaired) electrons. The number of hydrogen-bond acceptors (Lipinski definition) is 4. The highest BCUT2D eigenvalue weighted by molar-refractivity contribution is 6.05. The van der Waals surface area contributed by atoms with Crippen molar-refractivity contribution >= 4 is 17.8 Å². The lowest BCUT2D eigenvalue weighted by atomic mass is 10.1. The maximum atomic E-state index is 11.8. The fourth-order valence-electron chi connectivity index (χ4n) is 1.99. The van der Waals surface area contributed by atoms with E-state index in [1.54, 1.807) is 30.3 Å². The van der Waals surface area contributed by atoms with Crippen molar-refractivity contribution in [2.45, 2.75) is 13.3 Å². The molecular weight excluding hydrogens is 294 g/mol. The predicted molar refractivity (Wildman–Crippen MR) is 84.8 cm³/mol. The second-order valence-corrected chi connectivity index (χ2v) is 5.01. The third kappa shape index (κ3) is 5.07. The molecule has 0 atom stereocenters. The third-order valence-electron chi connectivity index (χ3n) is 3.25. The minimum atomic E-state index is -0.656. The van der Waals surface area contributed by atoms with Crippen molar-refractivity contribution in [1.29, 1.82) is 0 Å². The molecule has 5 heteroatoms. The summed E-state index contributed by atoms with van der Waals surface area (Å²) in [6.07, 6.45) is 0.0899. The van der Waals surface area contributed by atoms with Crippen molar-refractivity contribution in [2.24, 2.45) is 0 Å². The van der Waals surface area contributed by atoms with Gasteiger partial charge >= 0.3 is 5.97 Å². The second kappa shape index (κ2) is 7.89. The zero-order valence-corrected chi connectivity index (χ0v) is 12.7. The molecule has 0 aliphatic heterocycles. The van der Waals surface area contributed by atoms with Crippen LogP contribution in [0.4, 0.5) is 0 Å². The van der Waals surface area contributed by atoms with Gasteiger partial charge in [-0.15, -0.1) is 0 Å². The Bertz CT molecular complexity index is 710. The lowest BCUT2D eigenvalue weighted by Crippen LogP contribution is -2.34. The first-order chi connectivity index (χ1) is 11.1. The summed E-state index contributed by atoms with van der Waals surface area (Å²) in [5.41, 5.74) is 2.19. The van der Waals surface area contributed by atoms with Crippen molar-refractivity contribution in [3.8, 4) is 0 Å². The zero-order chi connectivity index (χ0) is 16.7. The average molecular weight is 311 g/mol. The molecule has 2 amide bonds. The summed E-state index contributed by atoms with van der Waals surface area (Å²) in [5.74, 6) is -1.69. The van der Waals surface area contributed by atoms with Gasteiger partial charge in [-0.25, -0.2) is 0 Å². The van der Waals surface area contributed by atoms with Crippen molar-refractivity contribution < 1.29 is 19.1 Å². The van der Waals surface area contributed by atoms with E-state index >= 15 is 0 Å². The maximum absolute atomic E-state index is 11.8. The first-order valence-corrected chi connectivity index (χ1v) is 7.15. The van der Waals surface area contributed by atoms with Gasteiger partial charge in [-0.2, -0.15) is 0 Å². The molecule has 0 spiro atoms. The molecule has 0 aromatic heterocycles. The van der Waals surface area contributed by atoms with Crippen LogP contribution >= 0.6 is 0 Å². The van der Waals surface area contributed by atoms with Crippen LogP contribution in [0.5, 0.6) is 0 Å². The van der Waals surface area contributed by atoms with E-state index in [0.717, 1.165) is 11.1 Å². The van der Waals surface area contributed by atoms with Gasteiger partial charge in [0.15, 0.2) is 6.61 Å². The van der Waals surface area contributed by atoms with E-state index in [2.05, 4.69) is 5.32 Å². The lowest BCUT2D eigenvalue weighted by molar-refractivity contribution is -0.147. The molecule has 0 unspecified atom stereocenters. The lowest BCUT2D eigenvalue weighted by Gasteiger charge is -2.07. The van der Waals surface area contributed by atoms with Crippen molar-refractivity contribution in [2.75, 3.05) is 6.61 Å². The molecule has 0 saturated heterocycles. The molecule has 0 aliphatic carbocycles. The van der Waals surface area contributed by atoms with Crippen molar-refractivity contribution in [3.63, 3.8) is 0 Å². The van der Waals surface area contributed by atoms with Crippen molar-refractivity contribution in [3.05, 3.63) is 71.3 Å². The van der Waals surface area contributed by atoms with E-state index in [4.69, 9.17) is 4.74 Å². The number of carbonyl (C=O) groups is 3. The highest BCUT2D eigenvalue weighted by atomic mass is 16.5. The molecule has 1 N–H and O–H groups in total. The molecule has 0 aliphatic rings. The largest absolute Gasteiger partial charge is 0.455 e. The van der Waals surface area contributed by atoms with Gasteiger partial charge in [0.2, 0.25) is 0 Å². The van der Waals surface area contributed by atoms with E-state index in [9.17, 15) is 14.4 Å². The van der Waals surface area contributed by atoms with Crippen LogP contribution in [-0.4, -0.2) is 24.4 Å². The van der Waals surface area contributed by atoms with Crippen LogP contribution in [0.15, 0.2) is 54.6 Å². The van der Waals surface area contributed by atoms with Crippen LogP contribution in [0.3, 0.4) is 0 Å². The summed E-state index contributed by atoms with van der Waals surface area (Å²) in [4.78, 5) is 35.1. The fraction of sp³-hybridized carbons (Fsp3) is 0.167. The normalized spacial score (nSPS) is 9.96. The van der Waals surface area contributed by atoms with E-state index < -0.39 is 24.4 Å². The van der Waals surface area contributed by atoms with Crippen molar-refractivity contribution in [1.82, 2.24) is 5.32 Å². The van der Waals surface area contributed by atoms with Gasteiger partial charge in [-0.3, -0.25) is 19.7 Å². The number of carbonyl (C=O) groups excluding carboxylic acids is 3. The van der Waals surface area contributed by atoms with Crippen LogP contribution in [0, 0.1) is 6.92 Å². The molecule has 0 bridgehead atoms. The fourth-order valence-corrected chi connectivity index (χ4v) is 1.99. The first-order valence-electron chi connectivity index (χ1n) is 7.15. The Morgan fingerprint density at radius 1 is 0.957 bits per heavy atom. The number of nitrogens with one attached hydrogen (secondary N) is 1. The Morgan fingerprint density at radius 3 is 2.30 bits per heavy atom. The number of aryl methyl sites for hydroxylation is 1. The summed E-state index contributed by atoms with van der Waals surface area (Å²) >= 11 is 0. The molecule has 0 fully saturated rings. The number of benzene rings is 2. The number of hydrogen-bond donors (Lipinski definition) is 1. The van der Waals surface area contributed by atoms with Gasteiger partial charge in [-0.05, 0) is 30.2 Å². The Kier molecular flexibility index (Phi) is 5.63. The highest BCUT2D eigenvalue weighted by Crippen LogP contribution is 2.08. The number of rotatable bonds is 5. The molecular formula is C18H17NO4. The third-order valence-corrected chi connectivity index (χ3v) is 3.25. The van der Waals surface area contributed by atoms with E-state index in [1.165, 1.54) is 0 Å². The molecule has 0 saturated carbocycles. The Hall–Kier alpha value is -2.95. The summed E-state index contributed by atoms with van der Waals surface area (Å²) in [7, 11) is 0. The summed E-state index contributed by atoms with van der Waals surface area (Å²) < 4.78 is 4.90. The van der Waals surface area contributed by atoms with Gasteiger partial charge < -0.3 is 4.74 Å². The van der Waals surface area contributed by atoms with Crippen LogP contribution in [0.1, 0.15) is 21.5 Å². The molecule has 5 nitrogen and oxygen atoms in total. The molecule has 2 aromatic rings. The van der Waals surface area contributed by atoms with Gasteiger partial charge in [0.25, 0.3) is 11.8 Å². The van der Waals surface area contributed by atoms with Gasteiger partial charge in [0.1, 0.15) is 0 Å². The van der Waals surface area contributed by atoms with Crippen LogP contribution in [0.2, 0.25) is 0 Å². The number of esters is 1. The van der Waals surface area contributed by atoms with Crippen LogP contribution < -0.4 is 5.32 Å². The minimum absolute atomic E-state index is 0.0899. The summed E-state index contributed by atoms with van der Waals surface area (Å²) in [6, 6.07) is 15.8. The molecule has 2 aromatic carbocycles.